The molecule has 1 aromatic rings. The van der Waals surface area contributed by atoms with Gasteiger partial charge in [0, 0.05) is 5.69 Å². The zero-order valence-electron chi connectivity index (χ0n) is 4.33. The van der Waals surface area contributed by atoms with Gasteiger partial charge in [0.15, 0.2) is 0 Å². The molecule has 0 amide bonds. The Morgan fingerprint density at radius 1 is 1.50 bits per heavy atom. The van der Waals surface area contributed by atoms with E-state index in [0.29, 0.717) is 5.69 Å². The highest BCUT2D eigenvalue weighted by atomic mass is 16.3. The van der Waals surface area contributed by atoms with Crippen molar-refractivity contribution < 1.29 is 5.11 Å². The van der Waals surface area contributed by atoms with Crippen LogP contribution < -0.4 is 0 Å². The Labute approximate surface area is 47.8 Å². The van der Waals surface area contributed by atoms with Gasteiger partial charge in [0.25, 0.3) is 0 Å². The van der Waals surface area contributed by atoms with E-state index in [0.717, 1.165) is 0 Å². The molecule has 0 aliphatic heterocycles. The second-order valence-corrected chi connectivity index (χ2v) is 1.51. The van der Waals surface area contributed by atoms with Gasteiger partial charge in [0.05, 0.1) is 6.20 Å². The zero-order valence-corrected chi connectivity index (χ0v) is 4.33. The molecule has 1 N–H and O–H groups in total. The minimum absolute atomic E-state index is 0.178. The second kappa shape index (κ2) is 1.82. The van der Waals surface area contributed by atoms with E-state index in [1.165, 1.54) is 6.20 Å². The zero-order chi connectivity index (χ0) is 5.98. The molecule has 0 aromatic carbocycles. The number of aromatic hydroxyl groups is 1. The third-order valence-electron chi connectivity index (χ3n) is 0.809. The summed E-state index contributed by atoms with van der Waals surface area (Å²) in [4.78, 5) is 3.72. The maximum absolute atomic E-state index is 8.67. The number of rotatable bonds is 0. The van der Waals surface area contributed by atoms with Gasteiger partial charge in [-0.2, -0.15) is 0 Å². The van der Waals surface area contributed by atoms with Gasteiger partial charge in [-0.1, -0.05) is 0 Å². The maximum atomic E-state index is 8.67. The molecule has 0 spiro atoms. The summed E-state index contributed by atoms with van der Waals surface area (Å²) in [5.41, 5.74) is 0.669. The molecule has 0 aliphatic carbocycles. The van der Waals surface area contributed by atoms with E-state index in [1.807, 2.05) is 0 Å². The van der Waals surface area contributed by atoms with E-state index in [2.05, 4.69) is 11.9 Å². The van der Waals surface area contributed by atoms with Crippen molar-refractivity contribution in [3.8, 4) is 5.75 Å². The Bertz CT molecular complexity index is 147. The predicted molar refractivity (Wildman–Crippen MR) is 30.4 cm³/mol. The summed E-state index contributed by atoms with van der Waals surface area (Å²) in [7, 11) is 0. The average Bonchev–Trinajstić information content (AvgIpc) is 1.77. The predicted octanol–water partition coefficient (Wildman–Crippen LogP) is 0.969. The number of hydrogen-bond acceptors (Lipinski definition) is 2. The second-order valence-electron chi connectivity index (χ2n) is 1.51. The summed E-state index contributed by atoms with van der Waals surface area (Å²) < 4.78 is 0. The van der Waals surface area contributed by atoms with Crippen molar-refractivity contribution in [2.45, 2.75) is 0 Å². The van der Waals surface area contributed by atoms with Crippen LogP contribution in [0.1, 0.15) is 5.69 Å². The Balaban J connectivity index is 3.03. The first kappa shape index (κ1) is 5.09. The average molecular weight is 108 g/mol. The lowest BCUT2D eigenvalue weighted by Gasteiger charge is -1.88. The molecule has 0 unspecified atom stereocenters. The maximum Gasteiger partial charge on any atom is 0.133 e. The van der Waals surface area contributed by atoms with Crippen LogP contribution >= 0.6 is 0 Å². The van der Waals surface area contributed by atoms with Crippen molar-refractivity contribution >= 4 is 0 Å². The van der Waals surface area contributed by atoms with Gasteiger partial charge in [-0.3, -0.25) is 4.98 Å². The van der Waals surface area contributed by atoms with Crippen molar-refractivity contribution in [3.05, 3.63) is 30.9 Å². The molecule has 1 heterocycles. The van der Waals surface area contributed by atoms with E-state index in [1.54, 1.807) is 12.1 Å². The number of pyridine rings is 1. The summed E-state index contributed by atoms with van der Waals surface area (Å²) in [5.74, 6) is 0.178. The normalized spacial score (nSPS) is 9.12. The smallest absolute Gasteiger partial charge is 0.133 e. The van der Waals surface area contributed by atoms with Crippen LogP contribution in [0, 0.1) is 6.92 Å². The van der Waals surface area contributed by atoms with Crippen LogP contribution in [-0.4, -0.2) is 10.1 Å². The monoisotopic (exact) mass is 108 g/mol. The fraction of sp³-hybridized carbons (Fsp3) is 0. The summed E-state index contributed by atoms with van der Waals surface area (Å²) in [5, 5.41) is 8.67. The van der Waals surface area contributed by atoms with Gasteiger partial charge in [-0.05, 0) is 19.1 Å². The van der Waals surface area contributed by atoms with Crippen LogP contribution in [0.3, 0.4) is 0 Å². The standard InChI is InChI=1S/C6H6NO/c1-5-2-3-6(8)4-7-5/h2-4,8H,1H2. The SMILES string of the molecule is [CH2]c1ccc(O)cn1. The highest BCUT2D eigenvalue weighted by Crippen LogP contribution is 2.03. The van der Waals surface area contributed by atoms with E-state index < -0.39 is 0 Å². The fourth-order valence-electron chi connectivity index (χ4n) is 0.417. The minimum atomic E-state index is 0.178. The lowest BCUT2D eigenvalue weighted by Crippen LogP contribution is -1.75. The van der Waals surface area contributed by atoms with E-state index in [-0.39, 0.29) is 5.75 Å². The van der Waals surface area contributed by atoms with Gasteiger partial charge in [0.1, 0.15) is 5.75 Å². The minimum Gasteiger partial charge on any atom is -0.506 e. The number of nitrogens with zero attached hydrogens (tertiary/aromatic N) is 1. The molecular weight excluding hydrogens is 102 g/mol. The van der Waals surface area contributed by atoms with Crippen LogP contribution in [0.2, 0.25) is 0 Å². The quantitative estimate of drug-likeness (QED) is 0.537. The highest BCUT2D eigenvalue weighted by Gasteiger charge is 1.83. The lowest BCUT2D eigenvalue weighted by molar-refractivity contribution is 0.472. The van der Waals surface area contributed by atoms with Crippen molar-refractivity contribution in [2.24, 2.45) is 0 Å². The molecule has 0 saturated carbocycles. The van der Waals surface area contributed by atoms with Crippen LogP contribution in [0.15, 0.2) is 18.3 Å². The Morgan fingerprint density at radius 3 is 2.62 bits per heavy atom. The molecule has 1 radical (unpaired) electrons. The Hall–Kier alpha value is -1.05. The first-order chi connectivity index (χ1) is 3.79. The third-order valence-corrected chi connectivity index (χ3v) is 0.809. The molecular formula is C6H6NO. The van der Waals surface area contributed by atoms with Gasteiger partial charge >= 0.3 is 0 Å². The molecule has 0 atom stereocenters. The van der Waals surface area contributed by atoms with E-state index in [4.69, 9.17) is 5.11 Å². The summed E-state index contributed by atoms with van der Waals surface area (Å²) in [6, 6.07) is 3.20. The van der Waals surface area contributed by atoms with Gasteiger partial charge in [-0.15, -0.1) is 0 Å². The van der Waals surface area contributed by atoms with E-state index in [9.17, 15) is 0 Å². The van der Waals surface area contributed by atoms with Crippen LogP contribution in [-0.2, 0) is 0 Å². The Morgan fingerprint density at radius 2 is 2.25 bits per heavy atom. The van der Waals surface area contributed by atoms with E-state index >= 15 is 0 Å². The molecule has 8 heavy (non-hydrogen) atoms. The van der Waals surface area contributed by atoms with Crippen LogP contribution in [0.5, 0.6) is 5.75 Å². The molecule has 1 aromatic heterocycles. The Kier molecular flexibility index (Phi) is 1.16. The summed E-state index contributed by atoms with van der Waals surface area (Å²) in [6.45, 7) is 3.54. The van der Waals surface area contributed by atoms with Gasteiger partial charge in [-0.25, -0.2) is 0 Å². The number of hydrogen-bond donors (Lipinski definition) is 1. The van der Waals surface area contributed by atoms with Crippen molar-refractivity contribution in [1.82, 2.24) is 4.98 Å². The number of aromatic nitrogens is 1. The first-order valence-electron chi connectivity index (χ1n) is 2.26. The molecule has 0 saturated heterocycles. The molecule has 1 rings (SSSR count). The molecule has 2 heteroatoms. The largest absolute Gasteiger partial charge is 0.506 e. The van der Waals surface area contributed by atoms with Crippen LogP contribution in [0.4, 0.5) is 0 Å². The topological polar surface area (TPSA) is 33.1 Å². The highest BCUT2D eigenvalue weighted by molar-refractivity contribution is 5.18. The molecule has 0 fully saturated rings. The van der Waals surface area contributed by atoms with Crippen molar-refractivity contribution in [1.29, 1.82) is 0 Å². The van der Waals surface area contributed by atoms with Crippen molar-refractivity contribution in [3.63, 3.8) is 0 Å². The van der Waals surface area contributed by atoms with Gasteiger partial charge in [0.2, 0.25) is 0 Å². The summed E-state index contributed by atoms with van der Waals surface area (Å²) in [6.07, 6.45) is 1.36. The van der Waals surface area contributed by atoms with Crippen molar-refractivity contribution in [2.75, 3.05) is 0 Å². The fourth-order valence-corrected chi connectivity index (χ4v) is 0.417. The first-order valence-corrected chi connectivity index (χ1v) is 2.26. The molecule has 41 valence electrons. The van der Waals surface area contributed by atoms with Gasteiger partial charge < -0.3 is 5.11 Å². The third kappa shape index (κ3) is 0.964. The summed E-state index contributed by atoms with van der Waals surface area (Å²) >= 11 is 0. The molecule has 2 nitrogen and oxygen atoms in total. The van der Waals surface area contributed by atoms with Crippen LogP contribution in [0.25, 0.3) is 0 Å². The molecule has 0 aliphatic rings. The lowest BCUT2D eigenvalue weighted by atomic mass is 10.4. The molecule has 0 bridgehead atoms.